The number of hydrogen-bond acceptors (Lipinski definition) is 6. The third-order valence-electron chi connectivity index (χ3n) is 3.92. The number of carbonyl (C=O) groups excluding carboxylic acids is 1. The Morgan fingerprint density at radius 1 is 1.00 bits per heavy atom. The minimum absolute atomic E-state index is 0.159. The van der Waals surface area contributed by atoms with Crippen molar-refractivity contribution in [3.05, 3.63) is 48.5 Å². The quantitative estimate of drug-likeness (QED) is 0.608. The van der Waals surface area contributed by atoms with E-state index >= 15 is 0 Å². The summed E-state index contributed by atoms with van der Waals surface area (Å²) in [5.74, 6) is 0.552. The third kappa shape index (κ3) is 5.01. The molecule has 3 rings (SSSR count). The molecule has 24 heavy (non-hydrogen) atoms. The lowest BCUT2D eigenvalue weighted by molar-refractivity contribution is -0.128. The normalized spacial score (nSPS) is 15.9. The van der Waals surface area contributed by atoms with E-state index in [1.54, 1.807) is 18.5 Å². The van der Waals surface area contributed by atoms with Gasteiger partial charge in [0, 0.05) is 51.3 Å². The Bertz CT molecular complexity index is 640. The van der Waals surface area contributed by atoms with E-state index in [0.717, 1.165) is 44.8 Å². The summed E-state index contributed by atoms with van der Waals surface area (Å²) in [6.45, 7) is 4.30. The Morgan fingerprint density at radius 3 is 2.62 bits per heavy atom. The van der Waals surface area contributed by atoms with Gasteiger partial charge in [-0.15, -0.1) is 0 Å². The highest BCUT2D eigenvalue weighted by molar-refractivity contribution is 7.99. The molecule has 0 spiro atoms. The van der Waals surface area contributed by atoms with Crippen molar-refractivity contribution >= 4 is 17.7 Å². The van der Waals surface area contributed by atoms with Gasteiger partial charge >= 0.3 is 0 Å². The fourth-order valence-electron chi connectivity index (χ4n) is 2.68. The summed E-state index contributed by atoms with van der Waals surface area (Å²) in [6.07, 6.45) is 6.21. The van der Waals surface area contributed by atoms with Crippen LogP contribution in [0, 0.1) is 0 Å². The highest BCUT2D eigenvalue weighted by atomic mass is 32.2. The standard InChI is InChI=1S/C17H21N5OS/c23-16(14-24-17-19-7-3-8-20-17)22-10-4-9-21(11-12-22)13-15-5-1-2-6-18-15/h1-3,5-8H,4,9-14H2. The molecule has 0 unspecified atom stereocenters. The summed E-state index contributed by atoms with van der Waals surface area (Å²) in [6, 6.07) is 7.76. The van der Waals surface area contributed by atoms with E-state index in [0.29, 0.717) is 10.9 Å². The van der Waals surface area contributed by atoms with Gasteiger partial charge in [0.25, 0.3) is 0 Å². The van der Waals surface area contributed by atoms with Crippen molar-refractivity contribution in [2.45, 2.75) is 18.1 Å². The summed E-state index contributed by atoms with van der Waals surface area (Å²) >= 11 is 1.40. The molecule has 6 nitrogen and oxygen atoms in total. The van der Waals surface area contributed by atoms with Crippen LogP contribution < -0.4 is 0 Å². The SMILES string of the molecule is O=C(CSc1ncccn1)N1CCCN(Cc2ccccn2)CC1. The first-order chi connectivity index (χ1) is 11.8. The predicted octanol–water partition coefficient (Wildman–Crippen LogP) is 1.70. The molecule has 0 radical (unpaired) electrons. The van der Waals surface area contributed by atoms with E-state index in [2.05, 4.69) is 19.9 Å². The van der Waals surface area contributed by atoms with Crippen molar-refractivity contribution in [2.24, 2.45) is 0 Å². The topological polar surface area (TPSA) is 62.2 Å². The average Bonchev–Trinajstić information content (AvgIpc) is 2.87. The zero-order valence-corrected chi connectivity index (χ0v) is 14.4. The number of carbonyl (C=O) groups is 1. The van der Waals surface area contributed by atoms with Gasteiger partial charge in [0.1, 0.15) is 0 Å². The van der Waals surface area contributed by atoms with Crippen molar-refractivity contribution < 1.29 is 4.79 Å². The zero-order chi connectivity index (χ0) is 16.6. The fraction of sp³-hybridized carbons (Fsp3) is 0.412. The van der Waals surface area contributed by atoms with E-state index in [1.807, 2.05) is 29.3 Å². The molecular formula is C17H21N5OS. The molecule has 126 valence electrons. The lowest BCUT2D eigenvalue weighted by atomic mass is 10.3. The molecule has 0 aromatic carbocycles. The minimum Gasteiger partial charge on any atom is -0.341 e. The maximum atomic E-state index is 12.4. The Hall–Kier alpha value is -1.99. The van der Waals surface area contributed by atoms with Gasteiger partial charge in [-0.1, -0.05) is 17.8 Å². The molecular weight excluding hydrogens is 322 g/mol. The summed E-state index contributed by atoms with van der Waals surface area (Å²) in [5.41, 5.74) is 1.08. The second-order valence-electron chi connectivity index (χ2n) is 5.65. The lowest BCUT2D eigenvalue weighted by Crippen LogP contribution is -2.36. The van der Waals surface area contributed by atoms with Crippen LogP contribution in [-0.2, 0) is 11.3 Å². The first-order valence-corrected chi connectivity index (χ1v) is 9.10. The van der Waals surface area contributed by atoms with E-state index in [4.69, 9.17) is 0 Å². The van der Waals surface area contributed by atoms with E-state index in [-0.39, 0.29) is 5.91 Å². The van der Waals surface area contributed by atoms with Crippen LogP contribution in [-0.4, -0.2) is 62.6 Å². The van der Waals surface area contributed by atoms with Gasteiger partial charge in [-0.25, -0.2) is 9.97 Å². The van der Waals surface area contributed by atoms with Crippen molar-refractivity contribution in [1.29, 1.82) is 0 Å². The van der Waals surface area contributed by atoms with E-state index in [9.17, 15) is 4.79 Å². The number of thioether (sulfide) groups is 1. The van der Waals surface area contributed by atoms with Crippen molar-refractivity contribution in [3.63, 3.8) is 0 Å². The number of aromatic nitrogens is 3. The molecule has 7 heteroatoms. The lowest BCUT2D eigenvalue weighted by Gasteiger charge is -2.21. The molecule has 2 aromatic rings. The maximum absolute atomic E-state index is 12.4. The number of hydrogen-bond donors (Lipinski definition) is 0. The molecule has 3 heterocycles. The molecule has 1 fully saturated rings. The second-order valence-corrected chi connectivity index (χ2v) is 6.59. The van der Waals surface area contributed by atoms with Crippen molar-refractivity contribution in [2.75, 3.05) is 31.9 Å². The van der Waals surface area contributed by atoms with Gasteiger partial charge in [0.15, 0.2) is 5.16 Å². The molecule has 0 bridgehead atoms. The van der Waals surface area contributed by atoms with Gasteiger partial charge in [0.2, 0.25) is 5.91 Å². The fourth-order valence-corrected chi connectivity index (χ4v) is 3.38. The van der Waals surface area contributed by atoms with Crippen LogP contribution in [0.15, 0.2) is 48.0 Å². The summed E-state index contributed by atoms with van der Waals surface area (Å²) in [5, 5.41) is 0.650. The smallest absolute Gasteiger partial charge is 0.233 e. The number of rotatable bonds is 5. The molecule has 1 amide bonds. The second kappa shape index (κ2) is 8.75. The van der Waals surface area contributed by atoms with Crippen LogP contribution >= 0.6 is 11.8 Å². The summed E-state index contributed by atoms with van der Waals surface area (Å²) in [7, 11) is 0. The van der Waals surface area contributed by atoms with Crippen LogP contribution in [0.4, 0.5) is 0 Å². The Labute approximate surface area is 146 Å². The molecule has 1 saturated heterocycles. The monoisotopic (exact) mass is 343 g/mol. The number of pyridine rings is 1. The van der Waals surface area contributed by atoms with Gasteiger partial charge in [-0.05, 0) is 24.6 Å². The molecule has 1 aliphatic rings. The zero-order valence-electron chi connectivity index (χ0n) is 13.5. The summed E-state index contributed by atoms with van der Waals surface area (Å²) < 4.78 is 0. The molecule has 0 atom stereocenters. The van der Waals surface area contributed by atoms with Crippen LogP contribution in [0.3, 0.4) is 0 Å². The van der Waals surface area contributed by atoms with Crippen LogP contribution in [0.2, 0.25) is 0 Å². The Balaban J connectivity index is 1.47. The van der Waals surface area contributed by atoms with E-state index in [1.165, 1.54) is 11.8 Å². The van der Waals surface area contributed by atoms with Gasteiger partial charge < -0.3 is 4.90 Å². The summed E-state index contributed by atoms with van der Waals surface area (Å²) in [4.78, 5) is 29.4. The van der Waals surface area contributed by atoms with Crippen LogP contribution in [0.1, 0.15) is 12.1 Å². The molecule has 1 aliphatic heterocycles. The van der Waals surface area contributed by atoms with Gasteiger partial charge in [-0.3, -0.25) is 14.7 Å². The Morgan fingerprint density at radius 2 is 1.83 bits per heavy atom. The predicted molar refractivity (Wildman–Crippen MR) is 93.5 cm³/mol. The van der Waals surface area contributed by atoms with E-state index < -0.39 is 0 Å². The van der Waals surface area contributed by atoms with Crippen molar-refractivity contribution in [1.82, 2.24) is 24.8 Å². The van der Waals surface area contributed by atoms with Gasteiger partial charge in [0.05, 0.1) is 11.4 Å². The van der Waals surface area contributed by atoms with Gasteiger partial charge in [-0.2, -0.15) is 0 Å². The largest absolute Gasteiger partial charge is 0.341 e. The molecule has 0 N–H and O–H groups in total. The molecule has 0 saturated carbocycles. The van der Waals surface area contributed by atoms with Crippen molar-refractivity contribution in [3.8, 4) is 0 Å². The number of amides is 1. The maximum Gasteiger partial charge on any atom is 0.233 e. The third-order valence-corrected chi connectivity index (χ3v) is 4.78. The van der Waals surface area contributed by atoms with Crippen LogP contribution in [0.25, 0.3) is 0 Å². The first kappa shape index (κ1) is 16.9. The highest BCUT2D eigenvalue weighted by Gasteiger charge is 2.19. The minimum atomic E-state index is 0.159. The molecule has 0 aliphatic carbocycles. The highest BCUT2D eigenvalue weighted by Crippen LogP contribution is 2.13. The first-order valence-electron chi connectivity index (χ1n) is 8.11. The number of nitrogens with zero attached hydrogens (tertiary/aromatic N) is 5. The average molecular weight is 343 g/mol. The molecule has 2 aromatic heterocycles. The Kier molecular flexibility index (Phi) is 6.14. The van der Waals surface area contributed by atoms with Crippen LogP contribution in [0.5, 0.6) is 0 Å².